The van der Waals surface area contributed by atoms with Crippen molar-refractivity contribution in [2.45, 2.75) is 20.2 Å². The molecule has 0 N–H and O–H groups in total. The quantitative estimate of drug-likeness (QED) is 0.216. The summed E-state index contributed by atoms with van der Waals surface area (Å²) in [7, 11) is 2.70. The van der Waals surface area contributed by atoms with E-state index in [1.807, 2.05) is 36.4 Å². The molecule has 2 aliphatic carbocycles. The molecule has 4 atom stereocenters. The average Bonchev–Trinajstić information content (AvgIpc) is 2.91. The van der Waals surface area contributed by atoms with Crippen LogP contribution in [-0.4, -0.2) is 10.8 Å². The van der Waals surface area contributed by atoms with Crippen molar-refractivity contribution < 1.29 is 0 Å². The van der Waals surface area contributed by atoms with Crippen molar-refractivity contribution in [3.8, 4) is 0 Å². The van der Waals surface area contributed by atoms with E-state index in [4.69, 9.17) is 92.8 Å². The Morgan fingerprint density at radius 1 is 0.553 bits per heavy atom. The molecule has 38 heavy (non-hydrogen) atoms. The molecule has 2 aliphatic rings. The van der Waals surface area contributed by atoms with Crippen LogP contribution in [0.25, 0.3) is 0 Å². The van der Waals surface area contributed by atoms with Crippen LogP contribution < -0.4 is 0 Å². The first kappa shape index (κ1) is 33.2. The fourth-order valence-electron chi connectivity index (χ4n) is 3.94. The zero-order valence-electron chi connectivity index (χ0n) is 18.1. The van der Waals surface area contributed by atoms with Crippen molar-refractivity contribution in [3.05, 3.63) is 108 Å². The third-order valence-corrected chi connectivity index (χ3v) is 18.8. The molecule has 14 heteroatoms. The van der Waals surface area contributed by atoms with E-state index < -0.39 is 20.2 Å². The first-order chi connectivity index (χ1) is 17.8. The van der Waals surface area contributed by atoms with E-state index in [9.17, 15) is 0 Å². The lowest BCUT2D eigenvalue weighted by Crippen LogP contribution is -2.40. The summed E-state index contributed by atoms with van der Waals surface area (Å²) in [5.74, 6) is 0. The van der Waals surface area contributed by atoms with Gasteiger partial charge in [0.1, 0.15) is 9.49 Å². The van der Waals surface area contributed by atoms with Gasteiger partial charge in [-0.2, -0.15) is 0 Å². The molecule has 2 aromatic carbocycles. The van der Waals surface area contributed by atoms with Gasteiger partial charge in [0.15, 0.2) is 0 Å². The summed E-state index contributed by atoms with van der Waals surface area (Å²) in [6.45, 7) is 0. The number of hydrogen-bond acceptors (Lipinski definition) is 2. The van der Waals surface area contributed by atoms with Crippen molar-refractivity contribution in [2.75, 3.05) is 0 Å². The van der Waals surface area contributed by atoms with Gasteiger partial charge in [0.05, 0.1) is 39.8 Å². The van der Waals surface area contributed by atoms with E-state index in [-0.39, 0.29) is 0 Å². The predicted octanol–water partition coefficient (Wildman–Crippen LogP) is 14.1. The second kappa shape index (κ2) is 13.1. The first-order valence-electron chi connectivity index (χ1n) is 10.2. The molecular weight excluding hydrogens is 956 g/mol. The molecule has 0 saturated carbocycles. The summed E-state index contributed by atoms with van der Waals surface area (Å²) in [6, 6.07) is 14.7. The lowest BCUT2D eigenvalue weighted by molar-refractivity contribution is 0.758. The van der Waals surface area contributed by atoms with Gasteiger partial charge in [-0.15, -0.1) is 23.2 Å². The minimum absolute atomic E-state index is 0.347. The molecule has 0 aliphatic heterocycles. The molecule has 2 aromatic rings. The van der Waals surface area contributed by atoms with E-state index in [1.165, 1.54) is 21.6 Å². The van der Waals surface area contributed by atoms with Crippen molar-refractivity contribution in [3.63, 3.8) is 0 Å². The maximum absolute atomic E-state index is 7.17. The number of benzene rings is 2. The zero-order valence-corrected chi connectivity index (χ0v) is 32.1. The van der Waals surface area contributed by atoms with Gasteiger partial charge in [0, 0.05) is 19.0 Å². The van der Waals surface area contributed by atoms with E-state index >= 15 is 0 Å². The Hall–Kier alpha value is 2.34. The smallest absolute Gasteiger partial charge is 0.110 e. The van der Waals surface area contributed by atoms with E-state index in [0.717, 1.165) is 0 Å². The fourth-order valence-corrected chi connectivity index (χ4v) is 14.9. The Balaban J connectivity index is 2.00. The summed E-state index contributed by atoms with van der Waals surface area (Å²) in [6.07, 6.45) is 0. The molecular formula is C24H10Br4Cl8S2. The van der Waals surface area contributed by atoms with Crippen LogP contribution in [0.2, 0.25) is 10.0 Å². The third kappa shape index (κ3) is 5.42. The van der Waals surface area contributed by atoms with Crippen molar-refractivity contribution in [2.24, 2.45) is 0 Å². The van der Waals surface area contributed by atoms with Crippen LogP contribution in [0.1, 0.15) is 11.1 Å². The number of alkyl halides is 2. The summed E-state index contributed by atoms with van der Waals surface area (Å²) in [5, 5.41) is 0.802. The SMILES string of the molecule is ClC1=C(Br)C(Cl)C(SSC2(c3ccccc3Cl)C(Cl)=C(Br)C(Cl)=C(Br)C2Cl)(c2ccccc2Cl)C(Cl)=C1Br. The van der Waals surface area contributed by atoms with Gasteiger partial charge in [-0.3, -0.25) is 0 Å². The van der Waals surface area contributed by atoms with Crippen LogP contribution in [-0.2, 0) is 9.49 Å². The number of hydrogen-bond donors (Lipinski definition) is 0. The normalized spacial score (nSPS) is 28.5. The summed E-state index contributed by atoms with van der Waals surface area (Å²) >= 11 is 69.5. The second-order valence-electron chi connectivity index (χ2n) is 7.90. The van der Waals surface area contributed by atoms with E-state index in [1.54, 1.807) is 12.1 Å². The topological polar surface area (TPSA) is 0 Å². The largest absolute Gasteiger partial charge is 0.115 e. The number of halogens is 12. The number of rotatable bonds is 5. The molecule has 0 heterocycles. The predicted molar refractivity (Wildman–Crippen MR) is 188 cm³/mol. The minimum Gasteiger partial charge on any atom is -0.115 e. The van der Waals surface area contributed by atoms with Crippen LogP contribution in [0.3, 0.4) is 0 Å². The van der Waals surface area contributed by atoms with E-state index in [2.05, 4.69) is 63.7 Å². The lowest BCUT2D eigenvalue weighted by atomic mass is 9.90. The van der Waals surface area contributed by atoms with Crippen LogP contribution >= 0.6 is 178 Å². The Morgan fingerprint density at radius 3 is 1.18 bits per heavy atom. The lowest BCUT2D eigenvalue weighted by Gasteiger charge is -2.46. The standard InChI is InChI=1S/C24H10Br4Cl8S2/c25-13-17(31)14(26)20(34)23(19(13)33,9-5-1-3-7-11(9)29)37-38-24(10-6-2-4-8-12(10)30)21(35)15(27)18(32)16(28)22(24)36/h1-8,19,21H. The molecule has 0 saturated heterocycles. The fraction of sp³-hybridized carbons (Fsp3) is 0.167. The van der Waals surface area contributed by atoms with Gasteiger partial charge < -0.3 is 0 Å². The van der Waals surface area contributed by atoms with Gasteiger partial charge in [0.25, 0.3) is 0 Å². The summed E-state index contributed by atoms with van der Waals surface area (Å²) in [4.78, 5) is 0. The van der Waals surface area contributed by atoms with Crippen LogP contribution in [0.15, 0.2) is 86.6 Å². The Bertz CT molecular complexity index is 1330. The highest BCUT2D eigenvalue weighted by molar-refractivity contribution is 9.12. The van der Waals surface area contributed by atoms with Gasteiger partial charge in [0.2, 0.25) is 0 Å². The molecule has 0 radical (unpaired) electrons. The Morgan fingerprint density at radius 2 is 0.868 bits per heavy atom. The average molecular weight is 966 g/mol. The molecule has 0 spiro atoms. The molecule has 0 bridgehead atoms. The highest BCUT2D eigenvalue weighted by Gasteiger charge is 2.56. The molecule has 0 amide bonds. The molecule has 202 valence electrons. The van der Waals surface area contributed by atoms with Crippen molar-refractivity contribution in [1.29, 1.82) is 0 Å². The van der Waals surface area contributed by atoms with Gasteiger partial charge in [-0.1, -0.05) is 159 Å². The molecule has 4 rings (SSSR count). The van der Waals surface area contributed by atoms with E-state index in [0.29, 0.717) is 59.2 Å². The first-order valence-corrected chi connectivity index (χ1v) is 18.7. The zero-order chi connectivity index (χ0) is 28.2. The van der Waals surface area contributed by atoms with Crippen LogP contribution in [0, 0.1) is 0 Å². The molecule has 0 aromatic heterocycles. The summed E-state index contributed by atoms with van der Waals surface area (Å²) in [5.41, 5.74) is 1.34. The van der Waals surface area contributed by atoms with Crippen LogP contribution in [0.5, 0.6) is 0 Å². The maximum Gasteiger partial charge on any atom is 0.110 e. The molecule has 0 nitrogen and oxygen atoms in total. The Kier molecular flexibility index (Phi) is 11.5. The van der Waals surface area contributed by atoms with Gasteiger partial charge in [-0.05, 0) is 55.1 Å². The minimum atomic E-state index is -1.14. The second-order valence-corrected chi connectivity index (χ2v) is 17.0. The maximum atomic E-state index is 7.17. The number of allylic oxidation sites excluding steroid dienone is 6. The highest BCUT2D eigenvalue weighted by Crippen LogP contribution is 2.70. The molecule has 0 fully saturated rings. The highest BCUT2D eigenvalue weighted by atomic mass is 79.9. The van der Waals surface area contributed by atoms with Crippen LogP contribution in [0.4, 0.5) is 0 Å². The Labute approximate surface area is 302 Å². The summed E-state index contributed by atoms with van der Waals surface area (Å²) < 4.78 is -0.267. The van der Waals surface area contributed by atoms with Gasteiger partial charge >= 0.3 is 0 Å². The van der Waals surface area contributed by atoms with Crippen molar-refractivity contribution in [1.82, 2.24) is 0 Å². The monoisotopic (exact) mass is 957 g/mol. The molecule has 4 unspecified atom stereocenters. The third-order valence-electron chi connectivity index (χ3n) is 5.85. The van der Waals surface area contributed by atoms with Crippen molar-refractivity contribution >= 4 is 178 Å². The van der Waals surface area contributed by atoms with Gasteiger partial charge in [-0.25, -0.2) is 0 Å².